The largest absolute Gasteiger partial charge is 0.324 e. The predicted molar refractivity (Wildman–Crippen MR) is 38.7 cm³/mol. The standard InChI is InChI=1S/C7H13NO3/c1-10-11-7(3-2-4-7)6(9)5-8/h2-5,8H2,1H3. The Morgan fingerprint density at radius 2 is 2.27 bits per heavy atom. The molecule has 4 nitrogen and oxygen atoms in total. The van der Waals surface area contributed by atoms with Crippen molar-refractivity contribution >= 4 is 5.78 Å². The second-order valence-corrected chi connectivity index (χ2v) is 2.73. The highest BCUT2D eigenvalue weighted by molar-refractivity contribution is 5.89. The van der Waals surface area contributed by atoms with Crippen LogP contribution >= 0.6 is 0 Å². The summed E-state index contributed by atoms with van der Waals surface area (Å²) >= 11 is 0. The molecule has 0 radical (unpaired) electrons. The SMILES string of the molecule is COOC1(C(=O)CN)CCC1. The topological polar surface area (TPSA) is 61.5 Å². The van der Waals surface area contributed by atoms with E-state index in [1.807, 2.05) is 0 Å². The van der Waals surface area contributed by atoms with Crippen LogP contribution < -0.4 is 5.73 Å². The normalized spacial score (nSPS) is 20.9. The lowest BCUT2D eigenvalue weighted by Gasteiger charge is -2.37. The van der Waals surface area contributed by atoms with Crippen molar-refractivity contribution in [2.75, 3.05) is 13.7 Å². The van der Waals surface area contributed by atoms with Crippen LogP contribution in [0, 0.1) is 0 Å². The maximum atomic E-state index is 11.2. The van der Waals surface area contributed by atoms with Crippen molar-refractivity contribution in [3.8, 4) is 0 Å². The summed E-state index contributed by atoms with van der Waals surface area (Å²) in [6, 6.07) is 0. The van der Waals surface area contributed by atoms with Crippen LogP contribution in [0.2, 0.25) is 0 Å². The Morgan fingerprint density at radius 1 is 1.64 bits per heavy atom. The van der Waals surface area contributed by atoms with Gasteiger partial charge in [0.2, 0.25) is 0 Å². The van der Waals surface area contributed by atoms with E-state index in [1.54, 1.807) is 0 Å². The van der Waals surface area contributed by atoms with Gasteiger partial charge in [-0.1, -0.05) is 0 Å². The smallest absolute Gasteiger partial charge is 0.181 e. The zero-order chi connectivity index (χ0) is 8.32. The Bertz CT molecular complexity index is 154. The minimum absolute atomic E-state index is 0.0311. The third-order valence-corrected chi connectivity index (χ3v) is 2.10. The van der Waals surface area contributed by atoms with Crippen LogP contribution in [0.4, 0.5) is 0 Å². The van der Waals surface area contributed by atoms with Gasteiger partial charge in [-0.05, 0) is 19.3 Å². The molecule has 1 aliphatic carbocycles. The predicted octanol–water partition coefficient (Wildman–Crippen LogP) is 0.0149. The monoisotopic (exact) mass is 159 g/mol. The van der Waals surface area contributed by atoms with Gasteiger partial charge in [0.1, 0.15) is 0 Å². The Balaban J connectivity index is 2.52. The number of carbonyl (C=O) groups excluding carboxylic acids is 1. The summed E-state index contributed by atoms with van der Waals surface area (Å²) in [5.74, 6) is -0.0643. The first-order valence-electron chi connectivity index (χ1n) is 3.70. The molecular formula is C7H13NO3. The fourth-order valence-corrected chi connectivity index (χ4v) is 1.25. The molecule has 0 unspecified atom stereocenters. The van der Waals surface area contributed by atoms with Crippen LogP contribution in [0.15, 0.2) is 0 Å². The van der Waals surface area contributed by atoms with Crippen molar-refractivity contribution in [1.29, 1.82) is 0 Å². The molecule has 11 heavy (non-hydrogen) atoms. The quantitative estimate of drug-likeness (QED) is 0.464. The van der Waals surface area contributed by atoms with E-state index < -0.39 is 5.60 Å². The molecule has 1 fully saturated rings. The molecule has 0 aliphatic heterocycles. The molecule has 64 valence electrons. The average Bonchev–Trinajstić information content (AvgIpc) is 1.95. The van der Waals surface area contributed by atoms with E-state index in [0.717, 1.165) is 19.3 Å². The van der Waals surface area contributed by atoms with Gasteiger partial charge in [0.15, 0.2) is 11.4 Å². The first kappa shape index (κ1) is 8.64. The molecule has 0 saturated heterocycles. The number of rotatable bonds is 4. The average molecular weight is 159 g/mol. The zero-order valence-electron chi connectivity index (χ0n) is 6.63. The summed E-state index contributed by atoms with van der Waals surface area (Å²) < 4.78 is 0. The number of hydrogen-bond donors (Lipinski definition) is 1. The van der Waals surface area contributed by atoms with Crippen LogP contribution in [0.1, 0.15) is 19.3 Å². The zero-order valence-corrected chi connectivity index (χ0v) is 6.63. The summed E-state index contributed by atoms with van der Waals surface area (Å²) in [5, 5.41) is 0. The van der Waals surface area contributed by atoms with E-state index >= 15 is 0 Å². The molecule has 0 atom stereocenters. The van der Waals surface area contributed by atoms with E-state index in [1.165, 1.54) is 7.11 Å². The molecule has 0 bridgehead atoms. The van der Waals surface area contributed by atoms with Crippen molar-refractivity contribution in [2.24, 2.45) is 5.73 Å². The molecule has 0 aromatic carbocycles. The molecule has 2 N–H and O–H groups in total. The maximum Gasteiger partial charge on any atom is 0.181 e. The third-order valence-electron chi connectivity index (χ3n) is 2.10. The number of carbonyl (C=O) groups is 1. The van der Waals surface area contributed by atoms with Crippen LogP contribution in [-0.2, 0) is 14.6 Å². The molecule has 0 amide bonds. The summed E-state index contributed by atoms with van der Waals surface area (Å²) in [6.07, 6.45) is 2.48. The Hall–Kier alpha value is -0.450. The number of hydrogen-bond acceptors (Lipinski definition) is 4. The number of Topliss-reactive ketones (excluding diaryl/α,β-unsaturated/α-hetero) is 1. The summed E-state index contributed by atoms with van der Waals surface area (Å²) in [6.45, 7) is 0.0311. The summed E-state index contributed by atoms with van der Waals surface area (Å²) in [5.41, 5.74) is 4.51. The molecular weight excluding hydrogens is 146 g/mol. The van der Waals surface area contributed by atoms with E-state index in [2.05, 4.69) is 4.89 Å². The maximum absolute atomic E-state index is 11.2. The van der Waals surface area contributed by atoms with E-state index in [0.29, 0.717) is 0 Å². The van der Waals surface area contributed by atoms with Gasteiger partial charge in [-0.2, -0.15) is 0 Å². The second kappa shape index (κ2) is 3.30. The van der Waals surface area contributed by atoms with Gasteiger partial charge in [0.25, 0.3) is 0 Å². The minimum atomic E-state index is -0.705. The third kappa shape index (κ3) is 1.42. The highest BCUT2D eigenvalue weighted by Crippen LogP contribution is 2.36. The molecule has 0 aromatic rings. The molecule has 4 heteroatoms. The van der Waals surface area contributed by atoms with Crippen LogP contribution in [-0.4, -0.2) is 25.0 Å². The summed E-state index contributed by atoms with van der Waals surface area (Å²) in [4.78, 5) is 20.6. The van der Waals surface area contributed by atoms with Gasteiger partial charge in [-0.25, -0.2) is 9.78 Å². The lowest BCUT2D eigenvalue weighted by molar-refractivity contribution is -0.348. The van der Waals surface area contributed by atoms with Gasteiger partial charge in [0, 0.05) is 0 Å². The van der Waals surface area contributed by atoms with Crippen molar-refractivity contribution in [3.05, 3.63) is 0 Å². The van der Waals surface area contributed by atoms with E-state index in [4.69, 9.17) is 10.6 Å². The fourth-order valence-electron chi connectivity index (χ4n) is 1.25. The van der Waals surface area contributed by atoms with Crippen molar-refractivity contribution in [1.82, 2.24) is 0 Å². The molecule has 0 aromatic heterocycles. The molecule has 0 spiro atoms. The van der Waals surface area contributed by atoms with Gasteiger partial charge in [-0.3, -0.25) is 4.79 Å². The molecule has 1 aliphatic rings. The van der Waals surface area contributed by atoms with Gasteiger partial charge in [-0.15, -0.1) is 0 Å². The fraction of sp³-hybridized carbons (Fsp3) is 0.857. The van der Waals surface area contributed by atoms with E-state index in [9.17, 15) is 4.79 Å². The van der Waals surface area contributed by atoms with Crippen LogP contribution in [0.25, 0.3) is 0 Å². The van der Waals surface area contributed by atoms with E-state index in [-0.39, 0.29) is 12.3 Å². The highest BCUT2D eigenvalue weighted by atomic mass is 17.2. The van der Waals surface area contributed by atoms with Gasteiger partial charge in [0.05, 0.1) is 13.7 Å². The summed E-state index contributed by atoms with van der Waals surface area (Å²) in [7, 11) is 1.41. The lowest BCUT2D eigenvalue weighted by Crippen LogP contribution is -2.50. The second-order valence-electron chi connectivity index (χ2n) is 2.73. The van der Waals surface area contributed by atoms with Gasteiger partial charge < -0.3 is 5.73 Å². The Kier molecular flexibility index (Phi) is 2.59. The number of ketones is 1. The van der Waals surface area contributed by atoms with Crippen LogP contribution in [0.3, 0.4) is 0 Å². The van der Waals surface area contributed by atoms with Crippen molar-refractivity contribution in [2.45, 2.75) is 24.9 Å². The highest BCUT2D eigenvalue weighted by Gasteiger charge is 2.45. The first-order valence-corrected chi connectivity index (χ1v) is 3.70. The Morgan fingerprint density at radius 3 is 2.55 bits per heavy atom. The van der Waals surface area contributed by atoms with Crippen LogP contribution in [0.5, 0.6) is 0 Å². The first-order chi connectivity index (χ1) is 5.25. The molecule has 0 heterocycles. The van der Waals surface area contributed by atoms with Crippen molar-refractivity contribution < 1.29 is 14.6 Å². The Labute approximate surface area is 65.6 Å². The minimum Gasteiger partial charge on any atom is -0.324 e. The molecule has 1 rings (SSSR count). The van der Waals surface area contributed by atoms with Crippen molar-refractivity contribution in [3.63, 3.8) is 0 Å². The number of nitrogens with two attached hydrogens (primary N) is 1. The molecule has 1 saturated carbocycles. The van der Waals surface area contributed by atoms with Gasteiger partial charge >= 0.3 is 0 Å². The lowest BCUT2D eigenvalue weighted by atomic mass is 9.77.